The van der Waals surface area contributed by atoms with E-state index in [1.807, 2.05) is 84.9 Å². The summed E-state index contributed by atoms with van der Waals surface area (Å²) < 4.78 is 36.6. The van der Waals surface area contributed by atoms with Gasteiger partial charge in [-0.05, 0) is 201 Å². The third-order valence-electron chi connectivity index (χ3n) is 25.2. The molecule has 5 heterocycles. The SMILES string of the molecule is Brc1cc(-c2ccccc2)cc(-c2cccc3c2oc2ccccc23)c1.Brc1cccc(-c2ccc(-c3cccc4c3oc3ccccc34)cc2)c1.Brc1cccc(-c2cccc3c2oc2ccccc23)c1.C=Cc1ccc2c(c1)oc1c(-c3c(Br)c4ccccc4c4ccccc34)cccc12.CC1(C)c2ccccc2-c2cc(-c3cccc4c3oc3ccccc34)cc(Br)c21. The summed E-state index contributed by atoms with van der Waals surface area (Å²) >= 11 is 18.6. The van der Waals surface area contributed by atoms with E-state index in [0.717, 1.165) is 182 Å². The summed E-state index contributed by atoms with van der Waals surface area (Å²) in [6, 6.07) is 144. The number of hydrogen-bond donors (Lipinski definition) is 0. The molecule has 26 rings (SSSR count). The van der Waals surface area contributed by atoms with E-state index < -0.39 is 0 Å². The molecule has 0 N–H and O–H groups in total. The summed E-state index contributed by atoms with van der Waals surface area (Å²) in [7, 11) is 0. The van der Waals surface area contributed by atoms with Crippen LogP contribution < -0.4 is 0 Å². The Morgan fingerprint density at radius 1 is 0.221 bits per heavy atom. The van der Waals surface area contributed by atoms with E-state index in [1.54, 1.807) is 0 Å². The van der Waals surface area contributed by atoms with E-state index in [2.05, 4.69) is 434 Å². The zero-order chi connectivity index (χ0) is 88.5. The average molecular weight is 2010 g/mol. The third kappa shape index (κ3) is 15.3. The van der Waals surface area contributed by atoms with Crippen molar-refractivity contribution in [3.05, 3.63) is 458 Å². The second-order valence-corrected chi connectivity index (χ2v) is 37.8. The fourth-order valence-electron chi connectivity index (χ4n) is 19.1. The molecule has 20 aromatic carbocycles. The van der Waals surface area contributed by atoms with Crippen LogP contribution in [0.2, 0.25) is 0 Å². The predicted molar refractivity (Wildman–Crippen MR) is 568 cm³/mol. The zero-order valence-corrected chi connectivity index (χ0v) is 78.9. The first-order chi connectivity index (χ1) is 64.2. The largest absolute Gasteiger partial charge is 0.455 e. The molecule has 10 heteroatoms. The van der Waals surface area contributed by atoms with Crippen LogP contribution in [0, 0.1) is 0 Å². The lowest BCUT2D eigenvalue weighted by molar-refractivity contribution is 0.657. The summed E-state index contributed by atoms with van der Waals surface area (Å²) in [6.07, 6.45) is 1.85. The van der Waals surface area contributed by atoms with Gasteiger partial charge in [0.05, 0.1) is 0 Å². The van der Waals surface area contributed by atoms with Crippen LogP contribution in [-0.4, -0.2) is 0 Å². The quantitative estimate of drug-likeness (QED) is 0.142. The number of furan rings is 5. The van der Waals surface area contributed by atoms with Crippen molar-refractivity contribution in [1.29, 1.82) is 0 Å². The number of halogens is 5. The van der Waals surface area contributed by atoms with Gasteiger partial charge in [0.1, 0.15) is 55.8 Å². The molecule has 0 unspecified atom stereocenters. The molecule has 0 saturated carbocycles. The molecule has 25 aromatic rings. The van der Waals surface area contributed by atoms with Crippen molar-refractivity contribution in [2.75, 3.05) is 0 Å². The molecule has 0 radical (unpaired) electrons. The summed E-state index contributed by atoms with van der Waals surface area (Å²) in [5.41, 5.74) is 31.9. The summed E-state index contributed by atoms with van der Waals surface area (Å²) in [4.78, 5) is 0. The molecular formula is C121H77Br5O5. The van der Waals surface area contributed by atoms with Gasteiger partial charge in [-0.1, -0.05) is 412 Å². The Morgan fingerprint density at radius 2 is 0.573 bits per heavy atom. The Labute approximate surface area is 798 Å². The van der Waals surface area contributed by atoms with E-state index in [4.69, 9.17) is 22.1 Å². The van der Waals surface area contributed by atoms with Crippen LogP contribution in [0.4, 0.5) is 0 Å². The van der Waals surface area contributed by atoms with Gasteiger partial charge in [-0.2, -0.15) is 0 Å². The Kier molecular flexibility index (Phi) is 22.0. The maximum atomic E-state index is 6.43. The van der Waals surface area contributed by atoms with Crippen LogP contribution in [0.3, 0.4) is 0 Å². The highest BCUT2D eigenvalue weighted by atomic mass is 79.9. The van der Waals surface area contributed by atoms with Crippen LogP contribution in [0.25, 0.3) is 226 Å². The van der Waals surface area contributed by atoms with Gasteiger partial charge in [0.2, 0.25) is 0 Å². The number of benzene rings is 20. The van der Waals surface area contributed by atoms with Crippen LogP contribution in [0.15, 0.2) is 464 Å². The Morgan fingerprint density at radius 3 is 1.10 bits per heavy atom. The van der Waals surface area contributed by atoms with Gasteiger partial charge in [0.15, 0.2) is 0 Å². The highest BCUT2D eigenvalue weighted by Gasteiger charge is 2.38. The van der Waals surface area contributed by atoms with E-state index in [-0.39, 0.29) is 5.41 Å². The monoisotopic (exact) mass is 2000 g/mol. The lowest BCUT2D eigenvalue weighted by Crippen LogP contribution is -2.15. The van der Waals surface area contributed by atoms with Crippen molar-refractivity contribution in [3.63, 3.8) is 0 Å². The summed E-state index contributed by atoms with van der Waals surface area (Å²) in [5.74, 6) is 0. The maximum Gasteiger partial charge on any atom is 0.143 e. The van der Waals surface area contributed by atoms with Crippen molar-refractivity contribution in [2.24, 2.45) is 0 Å². The average Bonchev–Trinajstić information content (AvgIpc) is 1.68. The fraction of sp³-hybridized carbons (Fsp3) is 0.0248. The molecule has 0 amide bonds. The van der Waals surface area contributed by atoms with Gasteiger partial charge in [-0.15, -0.1) is 0 Å². The number of fused-ring (bicyclic) bond motifs is 21. The number of hydrogen-bond acceptors (Lipinski definition) is 5. The van der Waals surface area contributed by atoms with Crippen LogP contribution in [0.1, 0.15) is 30.5 Å². The molecule has 626 valence electrons. The van der Waals surface area contributed by atoms with Gasteiger partial charge in [-0.3, -0.25) is 0 Å². The van der Waals surface area contributed by atoms with Crippen molar-refractivity contribution in [3.8, 4) is 89.0 Å². The minimum absolute atomic E-state index is 0.0192. The maximum absolute atomic E-state index is 6.43. The molecule has 0 spiro atoms. The van der Waals surface area contributed by atoms with Crippen LogP contribution >= 0.6 is 79.6 Å². The minimum atomic E-state index is -0.0192. The Bertz CT molecular complexity index is 8800. The molecule has 1 aliphatic carbocycles. The Hall–Kier alpha value is -13.9. The molecule has 1 aliphatic rings. The lowest BCUT2D eigenvalue weighted by Gasteiger charge is -2.23. The fourth-order valence-corrected chi connectivity index (χ4v) is 22.1. The van der Waals surface area contributed by atoms with E-state index in [9.17, 15) is 0 Å². The zero-order valence-electron chi connectivity index (χ0n) is 71.0. The van der Waals surface area contributed by atoms with Crippen molar-refractivity contribution in [2.45, 2.75) is 19.3 Å². The van der Waals surface area contributed by atoms with Crippen molar-refractivity contribution in [1.82, 2.24) is 0 Å². The topological polar surface area (TPSA) is 65.7 Å². The van der Waals surface area contributed by atoms with Crippen LogP contribution in [-0.2, 0) is 5.41 Å². The first-order valence-corrected chi connectivity index (χ1v) is 47.4. The first-order valence-electron chi connectivity index (χ1n) is 43.4. The van der Waals surface area contributed by atoms with Gasteiger partial charge in [0, 0.05) is 115 Å². The first kappa shape index (κ1) is 82.7. The highest BCUT2D eigenvalue weighted by molar-refractivity contribution is 9.11. The van der Waals surface area contributed by atoms with E-state index in [0.29, 0.717) is 0 Å². The minimum Gasteiger partial charge on any atom is -0.455 e. The predicted octanol–water partition coefficient (Wildman–Crippen LogP) is 38.7. The van der Waals surface area contributed by atoms with E-state index >= 15 is 0 Å². The molecule has 0 bridgehead atoms. The molecule has 131 heavy (non-hydrogen) atoms. The van der Waals surface area contributed by atoms with Gasteiger partial charge < -0.3 is 22.1 Å². The second-order valence-electron chi connectivity index (χ2n) is 33.4. The van der Waals surface area contributed by atoms with Gasteiger partial charge in [-0.25, -0.2) is 0 Å². The standard InChI is InChI=1S/C28H17BrO.C27H19BrO.2C24H15BrO.C18H11BrO/c1-2-17-14-15-20-23-12-7-13-24(28(23)30-25(20)16-17)26-21-10-5-3-8-18(21)19-9-4-6-11-22(19)27(26)29;1-27(2)22-12-5-3-8-18(22)21-14-16(15-23(28)25(21)27)17-10-7-11-20-19-9-4-6-13-24(19)29-26(17)20;25-19-6-3-5-18(15-19)16-11-13-17(14-12-16)20-8-4-9-22-21-7-1-2-10-23(21)26-24(20)22;25-19-14-17(16-7-2-1-3-8-16)13-18(15-19)20-10-6-11-22-21-9-4-5-12-23(21)26-24(20)22;19-13-6-3-5-12(11-13)14-8-4-9-16-15-7-1-2-10-17(15)20-18(14)16/h2-16H,1H2;3-15H,1-2H3;2*1-15H;1-11H. The smallest absolute Gasteiger partial charge is 0.143 e. The lowest BCUT2D eigenvalue weighted by atomic mass is 9.82. The van der Waals surface area contributed by atoms with E-state index in [1.165, 1.54) is 77.0 Å². The molecule has 5 aromatic heterocycles. The summed E-state index contributed by atoms with van der Waals surface area (Å²) in [5, 5.41) is 16.4. The molecule has 5 nitrogen and oxygen atoms in total. The second kappa shape index (κ2) is 34.8. The van der Waals surface area contributed by atoms with Crippen molar-refractivity contribution >= 4 is 217 Å². The molecule has 0 saturated heterocycles. The molecule has 0 atom stereocenters. The van der Waals surface area contributed by atoms with Crippen LogP contribution in [0.5, 0.6) is 0 Å². The Balaban J connectivity index is 0.0000000964. The van der Waals surface area contributed by atoms with Gasteiger partial charge in [0.25, 0.3) is 0 Å². The third-order valence-corrected chi connectivity index (χ3v) is 28.1. The molecular weight excluding hydrogens is 1930 g/mol. The number of rotatable bonds is 8. The van der Waals surface area contributed by atoms with Crippen molar-refractivity contribution < 1.29 is 22.1 Å². The summed E-state index contributed by atoms with van der Waals surface area (Å²) in [6.45, 7) is 8.50. The molecule has 0 fully saturated rings. The number of para-hydroxylation sites is 9. The van der Waals surface area contributed by atoms with Gasteiger partial charge >= 0.3 is 0 Å². The highest BCUT2D eigenvalue weighted by Crippen LogP contribution is 2.54. The molecule has 0 aliphatic heterocycles. The normalized spacial score (nSPS) is 12.0.